The van der Waals surface area contributed by atoms with E-state index in [0.29, 0.717) is 11.4 Å². The molecule has 3 nitrogen and oxygen atoms in total. The van der Waals surface area contributed by atoms with Gasteiger partial charge in [-0.15, -0.1) is 0 Å². The van der Waals surface area contributed by atoms with Crippen LogP contribution in [0.1, 0.15) is 5.69 Å². The van der Waals surface area contributed by atoms with Crippen molar-refractivity contribution in [3.8, 4) is 5.69 Å². The number of hydrogen-bond acceptors (Lipinski definition) is 1. The highest BCUT2D eigenvalue weighted by molar-refractivity contribution is 5.90. The van der Waals surface area contributed by atoms with Crippen molar-refractivity contribution in [1.82, 2.24) is 4.57 Å². The third-order valence-corrected chi connectivity index (χ3v) is 2.31. The predicted molar refractivity (Wildman–Crippen MR) is 64.0 cm³/mol. The highest BCUT2D eigenvalue weighted by Crippen LogP contribution is 2.16. The van der Waals surface area contributed by atoms with E-state index in [4.69, 9.17) is 5.73 Å². The summed E-state index contributed by atoms with van der Waals surface area (Å²) in [5, 5.41) is 0. The molecule has 17 heavy (non-hydrogen) atoms. The average molecular weight is 230 g/mol. The summed E-state index contributed by atoms with van der Waals surface area (Å²) in [7, 11) is 0. The number of rotatable bonds is 3. The van der Waals surface area contributed by atoms with Crippen molar-refractivity contribution in [2.45, 2.75) is 0 Å². The molecule has 1 aromatic heterocycles. The van der Waals surface area contributed by atoms with Gasteiger partial charge in [0.15, 0.2) is 0 Å². The molecule has 2 aromatic rings. The second-order valence-electron chi connectivity index (χ2n) is 3.49. The Hall–Kier alpha value is -2.36. The Morgan fingerprint density at radius 1 is 1.24 bits per heavy atom. The van der Waals surface area contributed by atoms with Crippen molar-refractivity contribution in [1.29, 1.82) is 0 Å². The highest BCUT2D eigenvalue weighted by atomic mass is 19.1. The summed E-state index contributed by atoms with van der Waals surface area (Å²) in [4.78, 5) is 10.7. The third-order valence-electron chi connectivity index (χ3n) is 2.31. The minimum absolute atomic E-state index is 0.322. The Bertz CT molecular complexity index is 572. The van der Waals surface area contributed by atoms with Gasteiger partial charge in [-0.05, 0) is 30.3 Å². The van der Waals surface area contributed by atoms with E-state index in [1.54, 1.807) is 47.2 Å². The lowest BCUT2D eigenvalue weighted by Gasteiger charge is -2.07. The summed E-state index contributed by atoms with van der Waals surface area (Å²) < 4.78 is 15.2. The molecular formula is C13H11FN2O. The van der Waals surface area contributed by atoms with Crippen LogP contribution in [0.3, 0.4) is 0 Å². The Morgan fingerprint density at radius 3 is 2.71 bits per heavy atom. The zero-order chi connectivity index (χ0) is 12.3. The van der Waals surface area contributed by atoms with E-state index in [0.717, 1.165) is 0 Å². The summed E-state index contributed by atoms with van der Waals surface area (Å²) in [6.45, 7) is 0. The number of benzene rings is 1. The van der Waals surface area contributed by atoms with Gasteiger partial charge in [0, 0.05) is 18.0 Å². The SMILES string of the molecule is NC(=O)/C=C/c1cccn1-c1ccccc1F. The largest absolute Gasteiger partial charge is 0.366 e. The van der Waals surface area contributed by atoms with Crippen LogP contribution in [-0.2, 0) is 4.79 Å². The van der Waals surface area contributed by atoms with E-state index >= 15 is 0 Å². The quantitative estimate of drug-likeness (QED) is 0.806. The molecule has 0 atom stereocenters. The molecule has 0 bridgehead atoms. The van der Waals surface area contributed by atoms with Gasteiger partial charge in [0.25, 0.3) is 0 Å². The van der Waals surface area contributed by atoms with Gasteiger partial charge in [-0.2, -0.15) is 0 Å². The van der Waals surface area contributed by atoms with E-state index in [2.05, 4.69) is 0 Å². The molecule has 4 heteroatoms. The smallest absolute Gasteiger partial charge is 0.241 e. The van der Waals surface area contributed by atoms with Crippen molar-refractivity contribution in [3.05, 3.63) is 60.2 Å². The van der Waals surface area contributed by atoms with E-state index in [1.807, 2.05) is 0 Å². The Morgan fingerprint density at radius 2 is 2.00 bits per heavy atom. The summed E-state index contributed by atoms with van der Waals surface area (Å²) in [6.07, 6.45) is 4.51. The molecule has 0 radical (unpaired) electrons. The van der Waals surface area contributed by atoms with Crippen molar-refractivity contribution < 1.29 is 9.18 Å². The van der Waals surface area contributed by atoms with Crippen molar-refractivity contribution in [3.63, 3.8) is 0 Å². The number of para-hydroxylation sites is 1. The monoisotopic (exact) mass is 230 g/mol. The Kier molecular flexibility index (Phi) is 3.05. The molecule has 0 fully saturated rings. The van der Waals surface area contributed by atoms with Crippen LogP contribution in [0.25, 0.3) is 11.8 Å². The third kappa shape index (κ3) is 2.42. The maximum absolute atomic E-state index is 13.6. The van der Waals surface area contributed by atoms with E-state index < -0.39 is 5.91 Å². The van der Waals surface area contributed by atoms with Gasteiger partial charge in [-0.1, -0.05) is 12.1 Å². The summed E-state index contributed by atoms with van der Waals surface area (Å²) in [6, 6.07) is 9.97. The first kappa shape index (κ1) is 11.1. The molecule has 0 saturated carbocycles. The number of halogens is 1. The fourth-order valence-corrected chi connectivity index (χ4v) is 1.56. The lowest BCUT2D eigenvalue weighted by Crippen LogP contribution is -2.05. The standard InChI is InChI=1S/C13H11FN2O/c14-11-5-1-2-6-12(11)16-9-3-4-10(16)7-8-13(15)17/h1-9H,(H2,15,17)/b8-7+. The lowest BCUT2D eigenvalue weighted by molar-refractivity contribution is -0.113. The molecule has 1 heterocycles. The number of amides is 1. The van der Waals surface area contributed by atoms with Crippen LogP contribution in [0.15, 0.2) is 48.7 Å². The molecule has 0 aliphatic heterocycles. The topological polar surface area (TPSA) is 48.0 Å². The minimum atomic E-state index is -0.536. The number of nitrogens with zero attached hydrogens (tertiary/aromatic N) is 1. The van der Waals surface area contributed by atoms with E-state index in [9.17, 15) is 9.18 Å². The molecule has 0 spiro atoms. The average Bonchev–Trinajstić information content (AvgIpc) is 2.75. The van der Waals surface area contributed by atoms with E-state index in [1.165, 1.54) is 12.1 Å². The molecule has 0 aliphatic rings. The molecule has 0 aliphatic carbocycles. The van der Waals surface area contributed by atoms with Gasteiger partial charge in [-0.25, -0.2) is 4.39 Å². The Balaban J connectivity index is 2.44. The molecule has 1 aromatic carbocycles. The Labute approximate surface area is 98.0 Å². The maximum atomic E-state index is 13.6. The molecule has 86 valence electrons. The molecule has 0 saturated heterocycles. The fraction of sp³-hybridized carbons (Fsp3) is 0. The highest BCUT2D eigenvalue weighted by Gasteiger charge is 2.05. The van der Waals surface area contributed by atoms with Crippen molar-refractivity contribution in [2.24, 2.45) is 5.73 Å². The van der Waals surface area contributed by atoms with Gasteiger partial charge < -0.3 is 10.3 Å². The van der Waals surface area contributed by atoms with Crippen LogP contribution in [0.5, 0.6) is 0 Å². The minimum Gasteiger partial charge on any atom is -0.366 e. The van der Waals surface area contributed by atoms with E-state index in [-0.39, 0.29) is 5.82 Å². The summed E-state index contributed by atoms with van der Waals surface area (Å²) >= 11 is 0. The van der Waals surface area contributed by atoms with Crippen LogP contribution >= 0.6 is 0 Å². The van der Waals surface area contributed by atoms with Gasteiger partial charge in [0.2, 0.25) is 5.91 Å². The normalized spacial score (nSPS) is 10.9. The van der Waals surface area contributed by atoms with Crippen LogP contribution in [0, 0.1) is 5.82 Å². The van der Waals surface area contributed by atoms with Crippen LogP contribution in [0.4, 0.5) is 4.39 Å². The number of primary amides is 1. The van der Waals surface area contributed by atoms with Gasteiger partial charge in [-0.3, -0.25) is 4.79 Å². The molecule has 1 amide bonds. The number of hydrogen-bond donors (Lipinski definition) is 1. The first-order valence-electron chi connectivity index (χ1n) is 5.08. The van der Waals surface area contributed by atoms with Gasteiger partial charge in [0.05, 0.1) is 5.69 Å². The molecule has 0 unspecified atom stereocenters. The second-order valence-corrected chi connectivity index (χ2v) is 3.49. The van der Waals surface area contributed by atoms with Crippen LogP contribution < -0.4 is 5.73 Å². The maximum Gasteiger partial charge on any atom is 0.241 e. The second kappa shape index (κ2) is 4.65. The van der Waals surface area contributed by atoms with Crippen molar-refractivity contribution >= 4 is 12.0 Å². The number of carbonyl (C=O) groups excluding carboxylic acids is 1. The number of nitrogens with two attached hydrogens (primary N) is 1. The molecule has 2 rings (SSSR count). The van der Waals surface area contributed by atoms with Gasteiger partial charge in [0.1, 0.15) is 5.82 Å². The van der Waals surface area contributed by atoms with Crippen LogP contribution in [0.2, 0.25) is 0 Å². The predicted octanol–water partition coefficient (Wildman–Crippen LogP) is 2.11. The first-order chi connectivity index (χ1) is 8.18. The first-order valence-corrected chi connectivity index (χ1v) is 5.08. The summed E-state index contributed by atoms with van der Waals surface area (Å²) in [5.41, 5.74) is 6.14. The van der Waals surface area contributed by atoms with Crippen LogP contribution in [-0.4, -0.2) is 10.5 Å². The summed E-state index contributed by atoms with van der Waals surface area (Å²) in [5.74, 6) is -0.858. The zero-order valence-corrected chi connectivity index (χ0v) is 9.01. The zero-order valence-electron chi connectivity index (χ0n) is 9.01. The number of aromatic nitrogens is 1. The fourth-order valence-electron chi connectivity index (χ4n) is 1.56. The number of carbonyl (C=O) groups is 1. The molecule has 2 N–H and O–H groups in total. The van der Waals surface area contributed by atoms with Crippen molar-refractivity contribution in [2.75, 3.05) is 0 Å². The lowest BCUT2D eigenvalue weighted by atomic mass is 10.3. The van der Waals surface area contributed by atoms with Gasteiger partial charge >= 0.3 is 0 Å². The molecular weight excluding hydrogens is 219 g/mol.